The third-order valence-corrected chi connectivity index (χ3v) is 4.74. The number of hydrogen-bond acceptors (Lipinski definition) is 3. The lowest BCUT2D eigenvalue weighted by Gasteiger charge is -2.21. The SMILES string of the molecule is CC(SCc1ccccc1)C(=O)N(C)Cc1cccc(C#N)c1. The summed E-state index contributed by atoms with van der Waals surface area (Å²) >= 11 is 1.64. The molecule has 0 saturated heterocycles. The molecule has 0 spiro atoms. The van der Waals surface area contributed by atoms with Crippen molar-refractivity contribution in [3.05, 3.63) is 71.3 Å². The Kier molecular flexibility index (Phi) is 6.25. The van der Waals surface area contributed by atoms with Crippen molar-refractivity contribution in [3.63, 3.8) is 0 Å². The monoisotopic (exact) mass is 324 g/mol. The van der Waals surface area contributed by atoms with Crippen LogP contribution in [0, 0.1) is 11.3 Å². The van der Waals surface area contributed by atoms with E-state index in [1.807, 2.05) is 43.3 Å². The molecule has 0 aromatic heterocycles. The van der Waals surface area contributed by atoms with Crippen molar-refractivity contribution in [3.8, 4) is 6.07 Å². The van der Waals surface area contributed by atoms with E-state index < -0.39 is 0 Å². The summed E-state index contributed by atoms with van der Waals surface area (Å²) in [6.07, 6.45) is 0. The zero-order chi connectivity index (χ0) is 16.7. The zero-order valence-electron chi connectivity index (χ0n) is 13.4. The minimum Gasteiger partial charge on any atom is -0.340 e. The first-order valence-corrected chi connectivity index (χ1v) is 8.54. The molecule has 3 nitrogen and oxygen atoms in total. The van der Waals surface area contributed by atoms with Gasteiger partial charge < -0.3 is 4.90 Å². The fraction of sp³-hybridized carbons (Fsp3) is 0.263. The van der Waals surface area contributed by atoms with Crippen LogP contribution in [0.4, 0.5) is 0 Å². The van der Waals surface area contributed by atoms with Gasteiger partial charge in [0.2, 0.25) is 5.91 Å². The molecule has 1 unspecified atom stereocenters. The molecule has 0 aliphatic carbocycles. The smallest absolute Gasteiger partial charge is 0.235 e. The summed E-state index contributed by atoms with van der Waals surface area (Å²) in [5.74, 6) is 0.930. The van der Waals surface area contributed by atoms with Crippen molar-refractivity contribution in [1.29, 1.82) is 5.26 Å². The molecule has 2 aromatic carbocycles. The standard InChI is InChI=1S/C19H20N2OS/c1-15(23-14-16-7-4-3-5-8-16)19(22)21(2)13-18-10-6-9-17(11-18)12-20/h3-11,15H,13-14H2,1-2H3. The van der Waals surface area contributed by atoms with Gasteiger partial charge in [0.25, 0.3) is 0 Å². The maximum Gasteiger partial charge on any atom is 0.235 e. The highest BCUT2D eigenvalue weighted by Gasteiger charge is 2.18. The molecule has 0 aliphatic rings. The number of nitriles is 1. The fourth-order valence-electron chi connectivity index (χ4n) is 2.27. The summed E-state index contributed by atoms with van der Waals surface area (Å²) in [7, 11) is 1.81. The van der Waals surface area contributed by atoms with Crippen molar-refractivity contribution in [2.24, 2.45) is 0 Å². The molecule has 23 heavy (non-hydrogen) atoms. The number of nitrogens with zero attached hydrogens (tertiary/aromatic N) is 2. The van der Waals surface area contributed by atoms with Gasteiger partial charge in [0.05, 0.1) is 16.9 Å². The van der Waals surface area contributed by atoms with E-state index in [2.05, 4.69) is 18.2 Å². The Balaban J connectivity index is 1.89. The first kappa shape index (κ1) is 17.1. The summed E-state index contributed by atoms with van der Waals surface area (Å²) in [5.41, 5.74) is 2.82. The predicted molar refractivity (Wildman–Crippen MR) is 94.8 cm³/mol. The maximum absolute atomic E-state index is 12.5. The number of carbonyl (C=O) groups excluding carboxylic acids is 1. The van der Waals surface area contributed by atoms with E-state index in [9.17, 15) is 4.79 Å². The van der Waals surface area contributed by atoms with Crippen LogP contribution in [-0.4, -0.2) is 23.1 Å². The Bertz CT molecular complexity index is 694. The number of thioether (sulfide) groups is 1. The Labute approximate surface area is 141 Å². The zero-order valence-corrected chi connectivity index (χ0v) is 14.2. The van der Waals surface area contributed by atoms with Gasteiger partial charge in [0, 0.05) is 19.3 Å². The highest BCUT2D eigenvalue weighted by Crippen LogP contribution is 2.19. The van der Waals surface area contributed by atoms with Gasteiger partial charge in [-0.3, -0.25) is 4.79 Å². The molecule has 0 radical (unpaired) electrons. The number of hydrogen-bond donors (Lipinski definition) is 0. The van der Waals surface area contributed by atoms with Crippen LogP contribution in [0.25, 0.3) is 0 Å². The molecule has 0 fully saturated rings. The van der Waals surface area contributed by atoms with Crippen LogP contribution in [-0.2, 0) is 17.1 Å². The van der Waals surface area contributed by atoms with Crippen molar-refractivity contribution < 1.29 is 4.79 Å². The van der Waals surface area contributed by atoms with Crippen molar-refractivity contribution >= 4 is 17.7 Å². The second kappa shape index (κ2) is 8.40. The lowest BCUT2D eigenvalue weighted by molar-refractivity contribution is -0.129. The molecule has 2 aromatic rings. The average molecular weight is 324 g/mol. The third kappa shape index (κ3) is 5.15. The normalized spacial score (nSPS) is 11.5. The van der Waals surface area contributed by atoms with Crippen LogP contribution in [0.15, 0.2) is 54.6 Å². The minimum atomic E-state index is -0.0978. The Morgan fingerprint density at radius 3 is 2.57 bits per heavy atom. The van der Waals surface area contributed by atoms with Crippen LogP contribution >= 0.6 is 11.8 Å². The molecule has 2 rings (SSSR count). The van der Waals surface area contributed by atoms with Crippen molar-refractivity contribution in [2.75, 3.05) is 7.05 Å². The van der Waals surface area contributed by atoms with E-state index in [1.165, 1.54) is 5.56 Å². The molecule has 4 heteroatoms. The molecule has 118 valence electrons. The van der Waals surface area contributed by atoms with E-state index in [0.717, 1.165) is 11.3 Å². The molecule has 0 bridgehead atoms. The van der Waals surface area contributed by atoms with Crippen LogP contribution in [0.3, 0.4) is 0 Å². The van der Waals surface area contributed by atoms with E-state index in [0.29, 0.717) is 12.1 Å². The van der Waals surface area contributed by atoms with Crippen LogP contribution in [0.1, 0.15) is 23.6 Å². The Morgan fingerprint density at radius 2 is 1.87 bits per heavy atom. The van der Waals surface area contributed by atoms with Crippen LogP contribution in [0.5, 0.6) is 0 Å². The third-order valence-electron chi connectivity index (χ3n) is 3.54. The van der Waals surface area contributed by atoms with Gasteiger partial charge in [-0.15, -0.1) is 11.8 Å². The van der Waals surface area contributed by atoms with Gasteiger partial charge in [0.15, 0.2) is 0 Å². The van der Waals surface area contributed by atoms with Crippen molar-refractivity contribution in [1.82, 2.24) is 4.90 Å². The van der Waals surface area contributed by atoms with Gasteiger partial charge >= 0.3 is 0 Å². The summed E-state index contributed by atoms with van der Waals surface area (Å²) in [6.45, 7) is 2.46. The number of carbonyl (C=O) groups is 1. The first-order chi connectivity index (χ1) is 11.1. The highest BCUT2D eigenvalue weighted by atomic mass is 32.2. The molecule has 1 atom stereocenters. The molecular weight excluding hydrogens is 304 g/mol. The topological polar surface area (TPSA) is 44.1 Å². The second-order valence-corrected chi connectivity index (χ2v) is 6.77. The molecule has 0 heterocycles. The van der Waals surface area contributed by atoms with Crippen LogP contribution < -0.4 is 0 Å². The quantitative estimate of drug-likeness (QED) is 0.811. The van der Waals surface area contributed by atoms with E-state index >= 15 is 0 Å². The van der Waals surface area contributed by atoms with Crippen LogP contribution in [0.2, 0.25) is 0 Å². The summed E-state index contributed by atoms with van der Waals surface area (Å²) < 4.78 is 0. The largest absolute Gasteiger partial charge is 0.340 e. The highest BCUT2D eigenvalue weighted by molar-refractivity contribution is 7.99. The molecule has 0 saturated carbocycles. The van der Waals surface area contributed by atoms with E-state index in [-0.39, 0.29) is 11.2 Å². The lowest BCUT2D eigenvalue weighted by atomic mass is 10.1. The maximum atomic E-state index is 12.5. The predicted octanol–water partition coefficient (Wildman–Crippen LogP) is 3.84. The number of rotatable bonds is 6. The minimum absolute atomic E-state index is 0.0978. The van der Waals surface area contributed by atoms with Gasteiger partial charge in [-0.05, 0) is 30.2 Å². The molecule has 0 N–H and O–H groups in total. The summed E-state index contributed by atoms with van der Waals surface area (Å²) in [4.78, 5) is 14.2. The lowest BCUT2D eigenvalue weighted by Crippen LogP contribution is -2.32. The van der Waals surface area contributed by atoms with E-state index in [4.69, 9.17) is 5.26 Å². The van der Waals surface area contributed by atoms with Gasteiger partial charge in [-0.25, -0.2) is 0 Å². The Morgan fingerprint density at radius 1 is 1.17 bits per heavy atom. The molecule has 1 amide bonds. The van der Waals surface area contributed by atoms with Gasteiger partial charge in [-0.1, -0.05) is 42.5 Å². The second-order valence-electron chi connectivity index (χ2n) is 5.45. The average Bonchev–Trinajstić information content (AvgIpc) is 2.60. The first-order valence-electron chi connectivity index (χ1n) is 7.49. The molecule has 0 aliphatic heterocycles. The Hall–Kier alpha value is -2.25. The summed E-state index contributed by atoms with van der Waals surface area (Å²) in [6, 6.07) is 19.7. The number of benzene rings is 2. The van der Waals surface area contributed by atoms with Gasteiger partial charge in [-0.2, -0.15) is 5.26 Å². The number of amides is 1. The molecular formula is C19H20N2OS. The fourth-order valence-corrected chi connectivity index (χ4v) is 3.23. The van der Waals surface area contributed by atoms with E-state index in [1.54, 1.807) is 29.8 Å². The van der Waals surface area contributed by atoms with Gasteiger partial charge in [0.1, 0.15) is 0 Å². The van der Waals surface area contributed by atoms with Crippen molar-refractivity contribution in [2.45, 2.75) is 24.5 Å². The summed E-state index contributed by atoms with van der Waals surface area (Å²) in [5, 5.41) is 8.84.